The molecule has 1 atom stereocenters. The van der Waals surface area contributed by atoms with Gasteiger partial charge in [-0.15, -0.1) is 0 Å². The zero-order valence-corrected chi connectivity index (χ0v) is 13.5. The van der Waals surface area contributed by atoms with E-state index in [0.717, 1.165) is 11.1 Å². The Labute approximate surface area is 131 Å². The van der Waals surface area contributed by atoms with Gasteiger partial charge in [-0.25, -0.2) is 0 Å². The summed E-state index contributed by atoms with van der Waals surface area (Å²) in [4.78, 5) is 24.8. The van der Waals surface area contributed by atoms with Crippen molar-refractivity contribution in [3.05, 3.63) is 42.0 Å². The lowest BCUT2D eigenvalue weighted by molar-refractivity contribution is -0.243. The predicted octanol–water partition coefficient (Wildman–Crippen LogP) is 3.45. The topological polar surface area (TPSA) is 52.6 Å². The molecule has 1 aliphatic rings. The molecule has 1 aliphatic heterocycles. The zero-order valence-electron chi connectivity index (χ0n) is 13.5. The lowest BCUT2D eigenvalue weighted by atomic mass is 9.69. The first kappa shape index (κ1) is 16.3. The van der Waals surface area contributed by atoms with E-state index in [4.69, 9.17) is 9.47 Å². The van der Waals surface area contributed by atoms with Crippen molar-refractivity contribution in [3.63, 3.8) is 0 Å². The summed E-state index contributed by atoms with van der Waals surface area (Å²) in [6.07, 6.45) is 2.36. The summed E-state index contributed by atoms with van der Waals surface area (Å²) in [6, 6.07) is 7.67. The van der Waals surface area contributed by atoms with Crippen molar-refractivity contribution >= 4 is 18.0 Å². The van der Waals surface area contributed by atoms with Gasteiger partial charge in [0.25, 0.3) is 5.79 Å². The van der Waals surface area contributed by atoms with Crippen LogP contribution in [0.1, 0.15) is 45.2 Å². The molecule has 4 nitrogen and oxygen atoms in total. The lowest BCUT2D eigenvalue weighted by Gasteiger charge is -2.41. The van der Waals surface area contributed by atoms with E-state index in [1.54, 1.807) is 19.9 Å². The first-order chi connectivity index (χ1) is 10.2. The van der Waals surface area contributed by atoms with E-state index in [2.05, 4.69) is 6.58 Å². The number of cyclic esters (lactones) is 2. The van der Waals surface area contributed by atoms with Crippen LogP contribution in [0.4, 0.5) is 0 Å². The van der Waals surface area contributed by atoms with Crippen LogP contribution in [0.15, 0.2) is 30.8 Å². The largest absolute Gasteiger partial charge is 0.422 e. The van der Waals surface area contributed by atoms with Crippen LogP contribution in [0.3, 0.4) is 0 Å². The molecule has 0 saturated carbocycles. The van der Waals surface area contributed by atoms with E-state index in [1.165, 1.54) is 0 Å². The molecule has 4 heteroatoms. The SMILES string of the molecule is C=Cc1ccc([C@](C)(CC)C2C(=O)OC(C)(C)OC2=O)cc1. The normalized spacial score (nSPS) is 20.7. The van der Waals surface area contributed by atoms with E-state index in [0.29, 0.717) is 6.42 Å². The van der Waals surface area contributed by atoms with Gasteiger partial charge in [-0.3, -0.25) is 9.59 Å². The van der Waals surface area contributed by atoms with Gasteiger partial charge in [0.2, 0.25) is 0 Å². The van der Waals surface area contributed by atoms with Gasteiger partial charge >= 0.3 is 11.9 Å². The number of carbonyl (C=O) groups excluding carboxylic acids is 2. The Balaban J connectivity index is 2.42. The van der Waals surface area contributed by atoms with E-state index in [9.17, 15) is 9.59 Å². The van der Waals surface area contributed by atoms with Crippen molar-refractivity contribution in [2.45, 2.75) is 45.3 Å². The summed E-state index contributed by atoms with van der Waals surface area (Å²) in [5.41, 5.74) is 1.21. The van der Waals surface area contributed by atoms with Gasteiger partial charge in [-0.2, -0.15) is 0 Å². The third-order valence-electron chi connectivity index (χ3n) is 4.34. The molecule has 0 aromatic heterocycles. The monoisotopic (exact) mass is 302 g/mol. The van der Waals surface area contributed by atoms with E-state index in [-0.39, 0.29) is 0 Å². The maximum Gasteiger partial charge on any atom is 0.324 e. The highest BCUT2D eigenvalue weighted by Crippen LogP contribution is 2.40. The fraction of sp³-hybridized carbons (Fsp3) is 0.444. The molecule has 1 heterocycles. The molecule has 0 bridgehead atoms. The molecule has 2 rings (SSSR count). The molecule has 0 N–H and O–H groups in total. The Morgan fingerprint density at radius 3 is 2.09 bits per heavy atom. The van der Waals surface area contributed by atoms with Gasteiger partial charge in [0.15, 0.2) is 5.92 Å². The van der Waals surface area contributed by atoms with Crippen molar-refractivity contribution in [2.75, 3.05) is 0 Å². The Hall–Kier alpha value is -2.10. The highest BCUT2D eigenvalue weighted by molar-refractivity contribution is 5.98. The minimum absolute atomic E-state index is 0.529. The average molecular weight is 302 g/mol. The average Bonchev–Trinajstić information content (AvgIpc) is 2.45. The van der Waals surface area contributed by atoms with Crippen molar-refractivity contribution < 1.29 is 19.1 Å². The molecule has 0 aliphatic carbocycles. The molecule has 1 aromatic carbocycles. The second-order valence-corrected chi connectivity index (χ2v) is 6.27. The fourth-order valence-corrected chi connectivity index (χ4v) is 2.81. The van der Waals surface area contributed by atoms with E-state index in [1.807, 2.05) is 38.1 Å². The van der Waals surface area contributed by atoms with Crippen LogP contribution in [-0.4, -0.2) is 17.7 Å². The first-order valence-corrected chi connectivity index (χ1v) is 7.42. The Morgan fingerprint density at radius 1 is 1.18 bits per heavy atom. The summed E-state index contributed by atoms with van der Waals surface area (Å²) < 4.78 is 10.5. The molecule has 1 aromatic rings. The van der Waals surface area contributed by atoms with Gasteiger partial charge in [-0.05, 0) is 17.5 Å². The van der Waals surface area contributed by atoms with E-state index >= 15 is 0 Å². The summed E-state index contributed by atoms with van der Waals surface area (Å²) >= 11 is 0. The zero-order chi connectivity index (χ0) is 16.5. The molecule has 1 fully saturated rings. The number of esters is 2. The molecule has 0 amide bonds. The molecule has 0 unspecified atom stereocenters. The highest BCUT2D eigenvalue weighted by atomic mass is 16.7. The van der Waals surface area contributed by atoms with Crippen molar-refractivity contribution in [1.82, 2.24) is 0 Å². The lowest BCUT2D eigenvalue weighted by Crippen LogP contribution is -2.53. The third kappa shape index (κ3) is 2.78. The maximum atomic E-state index is 12.4. The molecule has 0 spiro atoms. The smallest absolute Gasteiger partial charge is 0.324 e. The van der Waals surface area contributed by atoms with Crippen LogP contribution in [-0.2, 0) is 24.5 Å². The summed E-state index contributed by atoms with van der Waals surface area (Å²) in [5.74, 6) is -3.22. The first-order valence-electron chi connectivity index (χ1n) is 7.42. The van der Waals surface area contributed by atoms with Crippen molar-refractivity contribution in [2.24, 2.45) is 5.92 Å². The van der Waals surface area contributed by atoms with E-state index < -0.39 is 29.1 Å². The predicted molar refractivity (Wildman–Crippen MR) is 83.9 cm³/mol. The summed E-state index contributed by atoms with van der Waals surface area (Å²) in [5, 5.41) is 0. The highest BCUT2D eigenvalue weighted by Gasteiger charge is 2.52. The Kier molecular flexibility index (Phi) is 4.14. The number of hydrogen-bond acceptors (Lipinski definition) is 4. The Morgan fingerprint density at radius 2 is 1.68 bits per heavy atom. The minimum atomic E-state index is -1.20. The molecule has 22 heavy (non-hydrogen) atoms. The third-order valence-corrected chi connectivity index (χ3v) is 4.34. The summed E-state index contributed by atoms with van der Waals surface area (Å²) in [7, 11) is 0. The molecular weight excluding hydrogens is 280 g/mol. The second kappa shape index (κ2) is 5.59. The van der Waals surface area contributed by atoms with Crippen molar-refractivity contribution in [3.8, 4) is 0 Å². The minimum Gasteiger partial charge on any atom is -0.422 e. The van der Waals surface area contributed by atoms with Crippen LogP contribution >= 0.6 is 0 Å². The fourth-order valence-electron chi connectivity index (χ4n) is 2.81. The second-order valence-electron chi connectivity index (χ2n) is 6.27. The number of hydrogen-bond donors (Lipinski definition) is 0. The van der Waals surface area contributed by atoms with Crippen LogP contribution in [0.5, 0.6) is 0 Å². The Bertz CT molecular complexity index is 580. The van der Waals surface area contributed by atoms with Gasteiger partial charge in [0, 0.05) is 19.3 Å². The van der Waals surface area contributed by atoms with Gasteiger partial charge in [0.05, 0.1) is 0 Å². The van der Waals surface area contributed by atoms with Crippen LogP contribution in [0.25, 0.3) is 6.08 Å². The summed E-state index contributed by atoms with van der Waals surface area (Å²) in [6.45, 7) is 10.7. The quantitative estimate of drug-likeness (QED) is 0.631. The number of ether oxygens (including phenoxy) is 2. The number of benzene rings is 1. The van der Waals surface area contributed by atoms with Gasteiger partial charge in [0.1, 0.15) is 0 Å². The molecule has 1 saturated heterocycles. The maximum absolute atomic E-state index is 12.4. The standard InChI is InChI=1S/C18H22O4/c1-6-12-8-10-13(11-9-12)18(5,7-2)14-15(19)21-17(3,4)22-16(14)20/h6,8-11,14H,1,7H2,2-5H3/t18-/m0/s1. The molecule has 118 valence electrons. The van der Waals surface area contributed by atoms with Crippen LogP contribution < -0.4 is 0 Å². The van der Waals surface area contributed by atoms with Crippen LogP contribution in [0, 0.1) is 5.92 Å². The number of rotatable bonds is 4. The molecular formula is C18H22O4. The van der Waals surface area contributed by atoms with Crippen LogP contribution in [0.2, 0.25) is 0 Å². The molecule has 0 radical (unpaired) electrons. The van der Waals surface area contributed by atoms with Gasteiger partial charge < -0.3 is 9.47 Å². The van der Waals surface area contributed by atoms with Gasteiger partial charge in [-0.1, -0.05) is 50.8 Å². The number of carbonyl (C=O) groups is 2. The van der Waals surface area contributed by atoms with Crippen molar-refractivity contribution in [1.29, 1.82) is 0 Å².